The number of hydrogen-bond acceptors (Lipinski definition) is 4. The van der Waals surface area contributed by atoms with E-state index in [9.17, 15) is 14.4 Å². The molecule has 1 heterocycles. The van der Waals surface area contributed by atoms with E-state index in [-0.39, 0.29) is 34.3 Å². The molecule has 30 heavy (non-hydrogen) atoms. The number of carbonyl (C=O) groups excluding carboxylic acids is 1. The van der Waals surface area contributed by atoms with Crippen LogP contribution in [0.3, 0.4) is 0 Å². The van der Waals surface area contributed by atoms with Crippen LogP contribution in [0.15, 0.2) is 64.2 Å². The molecule has 0 aliphatic carbocycles. The first kappa shape index (κ1) is 21.0. The van der Waals surface area contributed by atoms with Crippen LogP contribution in [0, 0.1) is 0 Å². The summed E-state index contributed by atoms with van der Waals surface area (Å²) in [6, 6.07) is 16.4. The Kier molecular flexibility index (Phi) is 6.44. The monoisotopic (exact) mass is 404 g/mol. The highest BCUT2D eigenvalue weighted by Gasteiger charge is 2.06. The normalized spacial score (nSPS) is 12.7. The summed E-state index contributed by atoms with van der Waals surface area (Å²) in [6.45, 7) is 2.05. The number of aromatic amines is 2. The minimum atomic E-state index is -0.377. The summed E-state index contributed by atoms with van der Waals surface area (Å²) in [5, 5.41) is 3.21. The Morgan fingerprint density at radius 2 is 1.63 bits per heavy atom. The van der Waals surface area contributed by atoms with Gasteiger partial charge in [-0.2, -0.15) is 0 Å². The summed E-state index contributed by atoms with van der Waals surface area (Å²) >= 11 is 0. The number of anilines is 1. The predicted octanol–water partition coefficient (Wildman–Crippen LogP) is 0.611. The Hall–Kier alpha value is -3.71. The van der Waals surface area contributed by atoms with Gasteiger partial charge >= 0.3 is 0 Å². The van der Waals surface area contributed by atoms with Crippen LogP contribution in [0.2, 0.25) is 0 Å². The lowest BCUT2D eigenvalue weighted by Gasteiger charge is -2.10. The number of rotatable bonds is 5. The van der Waals surface area contributed by atoms with Crippen LogP contribution < -0.4 is 27.1 Å². The summed E-state index contributed by atoms with van der Waals surface area (Å²) in [7, 11) is 3.64. The van der Waals surface area contributed by atoms with Crippen molar-refractivity contribution < 1.29 is 4.79 Å². The van der Waals surface area contributed by atoms with Crippen molar-refractivity contribution in [3.63, 3.8) is 0 Å². The van der Waals surface area contributed by atoms with Crippen LogP contribution in [0.4, 0.5) is 5.69 Å². The van der Waals surface area contributed by atoms with E-state index in [1.807, 2.05) is 44.4 Å². The van der Waals surface area contributed by atoms with Crippen molar-refractivity contribution in [1.29, 1.82) is 0 Å². The first-order valence-electron chi connectivity index (χ1n) is 9.49. The molecule has 3 N–H and O–H groups in total. The van der Waals surface area contributed by atoms with Crippen molar-refractivity contribution in [3.05, 3.63) is 97.1 Å². The van der Waals surface area contributed by atoms with Crippen LogP contribution in [0.5, 0.6) is 0 Å². The average Bonchev–Trinajstić information content (AvgIpc) is 2.70. The van der Waals surface area contributed by atoms with Crippen molar-refractivity contribution in [2.24, 2.45) is 0 Å². The molecule has 154 valence electrons. The van der Waals surface area contributed by atoms with Gasteiger partial charge in [-0.3, -0.25) is 14.4 Å². The fourth-order valence-electron chi connectivity index (χ4n) is 3.00. The lowest BCUT2D eigenvalue weighted by molar-refractivity contribution is -0.116. The molecule has 0 aliphatic rings. The van der Waals surface area contributed by atoms with Gasteiger partial charge in [0.15, 0.2) is 0 Å². The number of nitrogens with one attached hydrogen (secondary N) is 3. The second-order valence-corrected chi connectivity index (χ2v) is 7.24. The SMILES string of the molecule is C/C(c1ccc(NC(=O)CN(C)C)cc1)=c1/[nH]c(=O)/c(=C/c2ccccc2)[nH]c1=O. The Morgan fingerprint density at radius 3 is 2.27 bits per heavy atom. The fourth-order valence-corrected chi connectivity index (χ4v) is 3.00. The predicted molar refractivity (Wildman–Crippen MR) is 119 cm³/mol. The molecule has 3 aromatic rings. The van der Waals surface area contributed by atoms with E-state index >= 15 is 0 Å². The van der Waals surface area contributed by atoms with Crippen molar-refractivity contribution in [2.45, 2.75) is 6.92 Å². The smallest absolute Gasteiger partial charge is 0.272 e. The van der Waals surface area contributed by atoms with E-state index < -0.39 is 0 Å². The van der Waals surface area contributed by atoms with Gasteiger partial charge in [-0.05, 0) is 55.9 Å². The number of nitrogens with zero attached hydrogens (tertiary/aromatic N) is 1. The number of hydrogen-bond donors (Lipinski definition) is 3. The Bertz CT molecular complexity index is 1270. The molecule has 0 bridgehead atoms. The Labute approximate surface area is 173 Å². The maximum atomic E-state index is 12.6. The standard InChI is InChI=1S/C23H24N4O3/c1-15(17-9-11-18(12-10-17)24-20(28)14-27(2)3)21-23(30)25-19(22(29)26-21)13-16-7-5-4-6-8-16/h4-13H,14H2,1-3H3,(H,24,28)(H,25,30)(H,26,29)/b19-13-,21-15-. The molecule has 0 atom stereocenters. The zero-order valence-corrected chi connectivity index (χ0v) is 17.2. The fraction of sp³-hybridized carbons (Fsp3) is 0.174. The summed E-state index contributed by atoms with van der Waals surface area (Å²) in [5.41, 5.74) is 2.12. The summed E-state index contributed by atoms with van der Waals surface area (Å²) in [6.07, 6.45) is 1.63. The molecule has 3 rings (SSSR count). The van der Waals surface area contributed by atoms with Crippen LogP contribution in [-0.2, 0) is 4.79 Å². The number of H-pyrrole nitrogens is 2. The Balaban J connectivity index is 1.94. The van der Waals surface area contributed by atoms with Crippen LogP contribution in [0.25, 0.3) is 11.6 Å². The van der Waals surface area contributed by atoms with E-state index in [4.69, 9.17) is 0 Å². The third-order valence-electron chi connectivity index (χ3n) is 4.51. The highest BCUT2D eigenvalue weighted by atomic mass is 16.2. The van der Waals surface area contributed by atoms with Gasteiger partial charge in [0.25, 0.3) is 11.1 Å². The molecule has 0 fully saturated rings. The van der Waals surface area contributed by atoms with Gasteiger partial charge in [-0.25, -0.2) is 0 Å². The van der Waals surface area contributed by atoms with Gasteiger partial charge in [0.1, 0.15) is 10.7 Å². The molecular weight excluding hydrogens is 380 g/mol. The zero-order chi connectivity index (χ0) is 21.7. The Morgan fingerprint density at radius 1 is 0.967 bits per heavy atom. The number of aromatic nitrogens is 2. The van der Waals surface area contributed by atoms with Gasteiger partial charge < -0.3 is 20.2 Å². The maximum absolute atomic E-state index is 12.6. The quantitative estimate of drug-likeness (QED) is 0.580. The molecule has 7 heteroatoms. The molecular formula is C23H24N4O3. The van der Waals surface area contributed by atoms with Gasteiger partial charge in [-0.1, -0.05) is 42.5 Å². The summed E-state index contributed by atoms with van der Waals surface area (Å²) < 4.78 is 0. The largest absolute Gasteiger partial charge is 0.325 e. The zero-order valence-electron chi connectivity index (χ0n) is 17.2. The first-order valence-corrected chi connectivity index (χ1v) is 9.49. The number of amides is 1. The van der Waals surface area contributed by atoms with Crippen molar-refractivity contribution in [3.8, 4) is 0 Å². The molecule has 7 nitrogen and oxygen atoms in total. The topological polar surface area (TPSA) is 98.1 Å². The number of benzene rings is 2. The van der Waals surface area contributed by atoms with E-state index in [0.717, 1.165) is 11.1 Å². The van der Waals surface area contributed by atoms with E-state index in [0.29, 0.717) is 11.3 Å². The first-order chi connectivity index (χ1) is 14.3. The van der Waals surface area contributed by atoms with Gasteiger partial charge in [0, 0.05) is 5.69 Å². The molecule has 0 radical (unpaired) electrons. The lowest BCUT2D eigenvalue weighted by atomic mass is 10.1. The molecule has 1 aromatic heterocycles. The van der Waals surface area contributed by atoms with Crippen molar-refractivity contribution >= 4 is 23.2 Å². The second-order valence-electron chi connectivity index (χ2n) is 7.24. The van der Waals surface area contributed by atoms with Crippen molar-refractivity contribution in [1.82, 2.24) is 14.9 Å². The highest BCUT2D eigenvalue weighted by Crippen LogP contribution is 2.14. The minimum absolute atomic E-state index is 0.112. The average molecular weight is 404 g/mol. The molecule has 0 unspecified atom stereocenters. The van der Waals surface area contributed by atoms with Crippen LogP contribution in [0.1, 0.15) is 18.1 Å². The van der Waals surface area contributed by atoms with Gasteiger partial charge in [0.05, 0.1) is 6.54 Å². The van der Waals surface area contributed by atoms with Crippen LogP contribution >= 0.6 is 0 Å². The number of likely N-dealkylation sites (N-methyl/N-ethyl adjacent to an activating group) is 1. The lowest BCUT2D eigenvalue weighted by Crippen LogP contribution is -2.47. The third-order valence-corrected chi connectivity index (χ3v) is 4.51. The van der Waals surface area contributed by atoms with Gasteiger partial charge in [-0.15, -0.1) is 0 Å². The van der Waals surface area contributed by atoms with Crippen LogP contribution in [-0.4, -0.2) is 41.4 Å². The molecule has 0 spiro atoms. The third kappa shape index (κ3) is 5.21. The molecule has 0 saturated heterocycles. The minimum Gasteiger partial charge on any atom is -0.325 e. The second kappa shape index (κ2) is 9.19. The molecule has 0 saturated carbocycles. The van der Waals surface area contributed by atoms with E-state index in [1.54, 1.807) is 42.2 Å². The van der Waals surface area contributed by atoms with Crippen molar-refractivity contribution in [2.75, 3.05) is 26.0 Å². The highest BCUT2D eigenvalue weighted by molar-refractivity contribution is 5.92. The van der Waals surface area contributed by atoms with E-state index in [2.05, 4.69) is 15.3 Å². The summed E-state index contributed by atoms with van der Waals surface area (Å²) in [5.74, 6) is -0.112. The van der Waals surface area contributed by atoms with Gasteiger partial charge in [0.2, 0.25) is 5.91 Å². The molecule has 1 amide bonds. The maximum Gasteiger partial charge on any atom is 0.272 e. The number of carbonyl (C=O) groups is 1. The summed E-state index contributed by atoms with van der Waals surface area (Å²) in [4.78, 5) is 44.1. The molecule has 0 aliphatic heterocycles. The van der Waals surface area contributed by atoms with E-state index in [1.165, 1.54) is 0 Å². The molecule has 2 aromatic carbocycles.